The van der Waals surface area contributed by atoms with Gasteiger partial charge in [0.05, 0.1) is 17.5 Å². The van der Waals surface area contributed by atoms with Crippen molar-refractivity contribution in [3.05, 3.63) is 70.6 Å². The minimum atomic E-state index is -0.757. The highest BCUT2D eigenvalue weighted by Gasteiger charge is 2.19. The van der Waals surface area contributed by atoms with Crippen molar-refractivity contribution in [2.24, 2.45) is 0 Å². The Hall–Kier alpha value is -4.02. The fourth-order valence-electron chi connectivity index (χ4n) is 3.49. The van der Waals surface area contributed by atoms with Gasteiger partial charge in [-0.1, -0.05) is 6.07 Å². The Kier molecular flexibility index (Phi) is 5.71. The zero-order valence-electron chi connectivity index (χ0n) is 16.6. The number of hydrogen-bond acceptors (Lipinski definition) is 7. The van der Waals surface area contributed by atoms with E-state index in [0.29, 0.717) is 22.1 Å². The van der Waals surface area contributed by atoms with E-state index in [2.05, 4.69) is 15.6 Å². The molecule has 0 aliphatic heterocycles. The Morgan fingerprint density at radius 3 is 2.69 bits per heavy atom. The fraction of sp³-hybridized carbons (Fsp3) is 0.0909. The minimum Gasteiger partial charge on any atom is -0.508 e. The van der Waals surface area contributed by atoms with Gasteiger partial charge in [0.2, 0.25) is 5.43 Å². The van der Waals surface area contributed by atoms with Crippen molar-refractivity contribution < 1.29 is 20.1 Å². The monoisotopic (exact) mass is 450 g/mol. The quantitative estimate of drug-likeness (QED) is 0.235. The summed E-state index contributed by atoms with van der Waals surface area (Å²) in [6.45, 7) is -0.128. The highest BCUT2D eigenvalue weighted by atomic mass is 32.1. The number of aromatic hydroxyl groups is 2. The number of fused-ring (bicyclic) bond motifs is 3. The van der Waals surface area contributed by atoms with E-state index >= 15 is 0 Å². The third-order valence-electron chi connectivity index (χ3n) is 4.82. The molecule has 0 fully saturated rings. The van der Waals surface area contributed by atoms with Gasteiger partial charge < -0.3 is 25.2 Å². The normalized spacial score (nSPS) is 10.9. The molecule has 2 aromatic heterocycles. The van der Waals surface area contributed by atoms with Gasteiger partial charge in [0.1, 0.15) is 22.6 Å². The van der Waals surface area contributed by atoms with E-state index in [9.17, 15) is 24.9 Å². The number of aliphatic hydroxyl groups is 1. The van der Waals surface area contributed by atoms with Crippen molar-refractivity contribution in [3.63, 3.8) is 0 Å². The molecule has 32 heavy (non-hydrogen) atoms. The van der Waals surface area contributed by atoms with Crippen molar-refractivity contribution in [2.75, 3.05) is 11.9 Å². The topological polar surface area (TPSA) is 137 Å². The fourth-order valence-corrected chi connectivity index (χ4v) is 3.70. The van der Waals surface area contributed by atoms with Crippen LogP contribution in [0.4, 0.5) is 5.69 Å². The van der Waals surface area contributed by atoms with Crippen LogP contribution < -0.4 is 16.1 Å². The smallest absolute Gasteiger partial charge is 0.262 e. The maximum absolute atomic E-state index is 13.1. The largest absolute Gasteiger partial charge is 0.508 e. The molecular weight excluding hydrogens is 432 g/mol. The molecule has 0 aliphatic rings. The maximum atomic E-state index is 13.1. The number of anilines is 1. The number of pyridine rings is 2. The van der Waals surface area contributed by atoms with Gasteiger partial charge in [-0.05, 0) is 42.5 Å². The standard InChI is InChI=1S/C22H18N4O5S/c27-8-7-26-11-16(21(31)25-22(32)24-12-3-1-4-13(28)9-12)20(30)15-10-17(29)18-14(19(15)26)5-2-6-23-18/h1-6,9-11,27-29H,7-8H2,(H2,24,25,31,32). The van der Waals surface area contributed by atoms with E-state index in [1.165, 1.54) is 30.6 Å². The molecule has 2 aromatic carbocycles. The molecule has 0 unspecified atom stereocenters. The Bertz CT molecular complexity index is 1430. The molecule has 5 N–H and O–H groups in total. The number of thiocarbonyl (C=S) groups is 1. The molecule has 162 valence electrons. The number of rotatable bonds is 4. The van der Waals surface area contributed by atoms with E-state index in [1.807, 2.05) is 0 Å². The molecule has 1 amide bonds. The summed E-state index contributed by atoms with van der Waals surface area (Å²) in [7, 11) is 0. The summed E-state index contributed by atoms with van der Waals surface area (Å²) in [5.74, 6) is -0.932. The number of amides is 1. The lowest BCUT2D eigenvalue weighted by Crippen LogP contribution is -2.37. The van der Waals surface area contributed by atoms with Crippen LogP contribution in [0.2, 0.25) is 0 Å². The van der Waals surface area contributed by atoms with Gasteiger partial charge in [-0.3, -0.25) is 19.9 Å². The lowest BCUT2D eigenvalue weighted by atomic mass is 10.1. The molecule has 0 saturated heterocycles. The number of benzene rings is 2. The number of phenolic OH excluding ortho intramolecular Hbond substituents is 2. The van der Waals surface area contributed by atoms with E-state index in [4.69, 9.17) is 12.2 Å². The van der Waals surface area contributed by atoms with E-state index in [1.54, 1.807) is 28.8 Å². The zero-order valence-corrected chi connectivity index (χ0v) is 17.4. The highest BCUT2D eigenvalue weighted by molar-refractivity contribution is 7.80. The Morgan fingerprint density at radius 1 is 1.12 bits per heavy atom. The van der Waals surface area contributed by atoms with Crippen molar-refractivity contribution >= 4 is 50.7 Å². The third-order valence-corrected chi connectivity index (χ3v) is 5.02. The summed E-state index contributed by atoms with van der Waals surface area (Å²) >= 11 is 5.14. The van der Waals surface area contributed by atoms with Crippen LogP contribution >= 0.6 is 12.2 Å². The average Bonchev–Trinajstić information content (AvgIpc) is 2.76. The van der Waals surface area contributed by atoms with Gasteiger partial charge in [-0.2, -0.15) is 0 Å². The highest BCUT2D eigenvalue weighted by Crippen LogP contribution is 2.30. The Morgan fingerprint density at radius 2 is 1.94 bits per heavy atom. The number of nitrogens with one attached hydrogen (secondary N) is 2. The van der Waals surface area contributed by atoms with E-state index < -0.39 is 11.3 Å². The second-order valence-electron chi connectivity index (χ2n) is 6.94. The summed E-state index contributed by atoms with van der Waals surface area (Å²) in [6.07, 6.45) is 2.86. The van der Waals surface area contributed by atoms with Crippen LogP contribution in [0, 0.1) is 0 Å². The summed E-state index contributed by atoms with van der Waals surface area (Å²) in [5, 5.41) is 35.2. The van der Waals surface area contributed by atoms with Gasteiger partial charge in [0.15, 0.2) is 5.11 Å². The van der Waals surface area contributed by atoms with Crippen molar-refractivity contribution in [1.82, 2.24) is 14.9 Å². The lowest BCUT2D eigenvalue weighted by molar-refractivity contribution is 0.0976. The van der Waals surface area contributed by atoms with Gasteiger partial charge >= 0.3 is 0 Å². The zero-order chi connectivity index (χ0) is 22.8. The Balaban J connectivity index is 1.76. The SMILES string of the molecule is O=C(NC(=S)Nc1cccc(O)c1)c1cn(CCO)c2c(cc(O)c3ncccc32)c1=O. The number of nitrogens with zero attached hydrogens (tertiary/aromatic N) is 2. The predicted octanol–water partition coefficient (Wildman–Crippen LogP) is 2.08. The van der Waals surface area contributed by atoms with Crippen LogP contribution in [-0.4, -0.2) is 42.5 Å². The number of aliphatic hydroxyl groups excluding tert-OH is 1. The van der Waals surface area contributed by atoms with Crippen molar-refractivity contribution in [1.29, 1.82) is 0 Å². The minimum absolute atomic E-state index is 0.0204. The first-order chi connectivity index (χ1) is 15.4. The molecule has 9 nitrogen and oxygen atoms in total. The molecule has 0 atom stereocenters. The molecule has 0 aliphatic carbocycles. The molecule has 10 heteroatoms. The first-order valence-electron chi connectivity index (χ1n) is 9.55. The predicted molar refractivity (Wildman–Crippen MR) is 124 cm³/mol. The molecule has 0 spiro atoms. The van der Waals surface area contributed by atoms with Gasteiger partial charge in [-0.15, -0.1) is 0 Å². The number of carbonyl (C=O) groups is 1. The first kappa shape index (κ1) is 21.2. The number of aromatic nitrogens is 2. The molecule has 4 aromatic rings. The molecule has 2 heterocycles. The van der Waals surface area contributed by atoms with Crippen molar-refractivity contribution in [2.45, 2.75) is 6.54 Å². The number of phenols is 2. The van der Waals surface area contributed by atoms with Crippen LogP contribution in [0.3, 0.4) is 0 Å². The summed E-state index contributed by atoms with van der Waals surface area (Å²) in [6, 6.07) is 10.8. The summed E-state index contributed by atoms with van der Waals surface area (Å²) in [4.78, 5) is 30.1. The average molecular weight is 450 g/mol. The van der Waals surface area contributed by atoms with Gasteiger partial charge in [0.25, 0.3) is 5.91 Å². The van der Waals surface area contributed by atoms with Gasteiger partial charge in [-0.25, -0.2) is 0 Å². The second kappa shape index (κ2) is 8.61. The van der Waals surface area contributed by atoms with Crippen LogP contribution in [0.15, 0.2) is 59.7 Å². The molecule has 0 saturated carbocycles. The molecule has 0 bridgehead atoms. The van der Waals surface area contributed by atoms with Crippen molar-refractivity contribution in [3.8, 4) is 11.5 Å². The molecule has 4 rings (SSSR count). The van der Waals surface area contributed by atoms with Crippen LogP contribution in [0.25, 0.3) is 21.8 Å². The lowest BCUT2D eigenvalue weighted by Gasteiger charge is -2.15. The number of carbonyl (C=O) groups excluding carboxylic acids is 1. The second-order valence-corrected chi connectivity index (χ2v) is 7.35. The van der Waals surface area contributed by atoms with E-state index in [-0.39, 0.29) is 40.7 Å². The third kappa shape index (κ3) is 3.96. The molecule has 0 radical (unpaired) electrons. The van der Waals surface area contributed by atoms with E-state index in [0.717, 1.165) is 0 Å². The van der Waals surface area contributed by atoms with Gasteiger partial charge in [0, 0.05) is 36.1 Å². The van der Waals surface area contributed by atoms with Crippen LogP contribution in [-0.2, 0) is 6.54 Å². The Labute approximate surface area is 186 Å². The summed E-state index contributed by atoms with van der Waals surface area (Å²) < 4.78 is 1.57. The summed E-state index contributed by atoms with van der Waals surface area (Å²) in [5.41, 5.74) is 0.388. The molecular formula is C22H18N4O5S. The number of hydrogen-bond donors (Lipinski definition) is 5. The van der Waals surface area contributed by atoms with Crippen LogP contribution in [0.1, 0.15) is 10.4 Å². The van der Waals surface area contributed by atoms with Crippen LogP contribution in [0.5, 0.6) is 11.5 Å². The maximum Gasteiger partial charge on any atom is 0.262 e. The first-order valence-corrected chi connectivity index (χ1v) is 9.96.